The van der Waals surface area contributed by atoms with E-state index < -0.39 is 0 Å². The molecule has 3 heteroatoms. The van der Waals surface area contributed by atoms with Gasteiger partial charge in [-0.05, 0) is 36.8 Å². The molecule has 0 aliphatic rings. The van der Waals surface area contributed by atoms with Crippen LogP contribution in [0.4, 0.5) is 0 Å². The summed E-state index contributed by atoms with van der Waals surface area (Å²) in [6.07, 6.45) is 0. The zero-order valence-electron chi connectivity index (χ0n) is 15.3. The molecule has 27 heavy (non-hydrogen) atoms. The lowest BCUT2D eigenvalue weighted by atomic mass is 10.2. The summed E-state index contributed by atoms with van der Waals surface area (Å²) in [6, 6.07) is 28.2. The maximum atomic E-state index is 6.02. The van der Waals surface area contributed by atoms with Crippen molar-refractivity contribution in [2.45, 2.75) is 20.1 Å². The topological polar surface area (TPSA) is 31.4 Å². The summed E-state index contributed by atoms with van der Waals surface area (Å²) in [5.41, 5.74) is 4.02. The van der Waals surface area contributed by atoms with E-state index in [1.54, 1.807) is 0 Å². The molecule has 0 bridgehead atoms. The van der Waals surface area contributed by atoms with Gasteiger partial charge in [-0.25, -0.2) is 4.98 Å². The second kappa shape index (κ2) is 7.92. The molecule has 0 aliphatic carbocycles. The van der Waals surface area contributed by atoms with Gasteiger partial charge in [0.2, 0.25) is 0 Å². The van der Waals surface area contributed by atoms with Crippen LogP contribution in [0.3, 0.4) is 0 Å². The molecule has 1 aromatic heterocycles. The highest BCUT2D eigenvalue weighted by Crippen LogP contribution is 2.28. The van der Waals surface area contributed by atoms with Gasteiger partial charge in [0.25, 0.3) is 0 Å². The molecule has 3 aromatic carbocycles. The highest BCUT2D eigenvalue weighted by molar-refractivity contribution is 5.78. The van der Waals surface area contributed by atoms with Crippen molar-refractivity contribution in [3.8, 4) is 11.5 Å². The third-order valence-electron chi connectivity index (χ3n) is 4.50. The first-order chi connectivity index (χ1) is 13.3. The Morgan fingerprint density at radius 1 is 0.667 bits per heavy atom. The molecule has 0 spiro atoms. The van der Waals surface area contributed by atoms with Crippen LogP contribution in [-0.4, -0.2) is 4.98 Å². The number of pyridine rings is 1. The van der Waals surface area contributed by atoms with Gasteiger partial charge in [-0.3, -0.25) is 0 Å². The highest BCUT2D eigenvalue weighted by Gasteiger charge is 2.08. The van der Waals surface area contributed by atoms with Gasteiger partial charge in [0.1, 0.15) is 24.7 Å². The van der Waals surface area contributed by atoms with E-state index in [2.05, 4.69) is 29.2 Å². The van der Waals surface area contributed by atoms with Gasteiger partial charge in [-0.1, -0.05) is 60.7 Å². The van der Waals surface area contributed by atoms with E-state index in [4.69, 9.17) is 9.47 Å². The van der Waals surface area contributed by atoms with Gasteiger partial charge in [0.05, 0.1) is 11.2 Å². The van der Waals surface area contributed by atoms with E-state index in [1.165, 1.54) is 0 Å². The Labute approximate surface area is 159 Å². The van der Waals surface area contributed by atoms with Crippen molar-refractivity contribution in [3.63, 3.8) is 0 Å². The van der Waals surface area contributed by atoms with Crippen molar-refractivity contribution >= 4 is 10.9 Å². The largest absolute Gasteiger partial charge is 0.488 e. The first kappa shape index (κ1) is 17.1. The van der Waals surface area contributed by atoms with E-state index >= 15 is 0 Å². The van der Waals surface area contributed by atoms with Gasteiger partial charge >= 0.3 is 0 Å². The number of benzene rings is 3. The molecule has 0 amide bonds. The molecule has 0 aliphatic heterocycles. The average molecular weight is 355 g/mol. The van der Waals surface area contributed by atoms with Crippen LogP contribution in [0, 0.1) is 6.92 Å². The van der Waals surface area contributed by atoms with Crippen molar-refractivity contribution in [2.24, 2.45) is 0 Å². The van der Waals surface area contributed by atoms with Crippen LogP contribution >= 0.6 is 0 Å². The lowest BCUT2D eigenvalue weighted by Gasteiger charge is -2.14. The lowest BCUT2D eigenvalue weighted by Crippen LogP contribution is -2.02. The monoisotopic (exact) mass is 355 g/mol. The number of nitrogens with zero attached hydrogens (tertiary/aromatic N) is 1. The average Bonchev–Trinajstić information content (AvgIpc) is 2.73. The Morgan fingerprint density at radius 2 is 1.37 bits per heavy atom. The maximum absolute atomic E-state index is 6.02. The molecule has 0 radical (unpaired) electrons. The minimum Gasteiger partial charge on any atom is -0.488 e. The fourth-order valence-electron chi connectivity index (χ4n) is 2.98. The first-order valence-corrected chi connectivity index (χ1v) is 9.03. The van der Waals surface area contributed by atoms with Crippen LogP contribution in [-0.2, 0) is 13.2 Å². The number of ether oxygens (including phenoxy) is 2. The number of fused-ring (bicyclic) bond motifs is 1. The highest BCUT2D eigenvalue weighted by atomic mass is 16.5. The van der Waals surface area contributed by atoms with Crippen LogP contribution in [0.5, 0.6) is 11.5 Å². The van der Waals surface area contributed by atoms with Crippen LogP contribution in [0.2, 0.25) is 0 Å². The number of para-hydroxylation sites is 1. The molecule has 1 heterocycles. The predicted molar refractivity (Wildman–Crippen MR) is 108 cm³/mol. The number of hydrogen-bond donors (Lipinski definition) is 0. The Balaban J connectivity index is 1.45. The summed E-state index contributed by atoms with van der Waals surface area (Å²) in [6.45, 7) is 2.98. The molecule has 0 fully saturated rings. The summed E-state index contributed by atoms with van der Waals surface area (Å²) >= 11 is 0. The van der Waals surface area contributed by atoms with Gasteiger partial charge < -0.3 is 9.47 Å². The van der Waals surface area contributed by atoms with E-state index in [0.29, 0.717) is 13.2 Å². The van der Waals surface area contributed by atoms with Crippen molar-refractivity contribution in [1.82, 2.24) is 4.98 Å². The SMILES string of the molecule is Cc1c(OCc2ccccc2)cccc1OCc1ccc2ccccc2n1. The van der Waals surface area contributed by atoms with Gasteiger partial charge in [-0.2, -0.15) is 0 Å². The van der Waals surface area contributed by atoms with Crippen molar-refractivity contribution in [2.75, 3.05) is 0 Å². The van der Waals surface area contributed by atoms with Crippen molar-refractivity contribution in [3.05, 3.63) is 102 Å². The second-order valence-corrected chi connectivity index (χ2v) is 6.44. The lowest BCUT2D eigenvalue weighted by molar-refractivity contribution is 0.284. The fourth-order valence-corrected chi connectivity index (χ4v) is 2.98. The molecule has 0 N–H and O–H groups in total. The molecular weight excluding hydrogens is 334 g/mol. The van der Waals surface area contributed by atoms with E-state index in [0.717, 1.165) is 39.2 Å². The Morgan fingerprint density at radius 3 is 2.19 bits per heavy atom. The number of rotatable bonds is 6. The Bertz CT molecular complexity index is 1040. The molecule has 3 nitrogen and oxygen atoms in total. The quantitative estimate of drug-likeness (QED) is 0.444. The standard InChI is InChI=1S/C24H21NO2/c1-18-23(26-16-19-8-3-2-4-9-19)12-7-13-24(18)27-17-21-15-14-20-10-5-6-11-22(20)25-21/h2-15H,16-17H2,1H3. The van der Waals surface area contributed by atoms with E-state index in [1.807, 2.05) is 67.6 Å². The van der Waals surface area contributed by atoms with Gasteiger partial charge in [0.15, 0.2) is 0 Å². The zero-order valence-corrected chi connectivity index (χ0v) is 15.3. The van der Waals surface area contributed by atoms with E-state index in [9.17, 15) is 0 Å². The molecule has 0 atom stereocenters. The zero-order chi connectivity index (χ0) is 18.5. The molecule has 134 valence electrons. The van der Waals surface area contributed by atoms with Crippen LogP contribution in [0.15, 0.2) is 84.9 Å². The predicted octanol–water partition coefficient (Wildman–Crippen LogP) is 5.70. The van der Waals surface area contributed by atoms with Crippen molar-refractivity contribution < 1.29 is 9.47 Å². The summed E-state index contributed by atoms with van der Waals surface area (Å²) in [5.74, 6) is 1.65. The van der Waals surface area contributed by atoms with Crippen LogP contribution < -0.4 is 9.47 Å². The summed E-state index contributed by atoms with van der Waals surface area (Å²) in [7, 11) is 0. The molecule has 4 aromatic rings. The fraction of sp³-hybridized carbons (Fsp3) is 0.125. The Hall–Kier alpha value is -3.33. The molecular formula is C24H21NO2. The Kier molecular flexibility index (Phi) is 5.01. The normalized spacial score (nSPS) is 10.7. The van der Waals surface area contributed by atoms with Crippen LogP contribution in [0.1, 0.15) is 16.8 Å². The number of hydrogen-bond acceptors (Lipinski definition) is 3. The minimum absolute atomic E-state index is 0.424. The van der Waals surface area contributed by atoms with Crippen LogP contribution in [0.25, 0.3) is 10.9 Å². The second-order valence-electron chi connectivity index (χ2n) is 6.44. The smallest absolute Gasteiger partial charge is 0.130 e. The maximum Gasteiger partial charge on any atom is 0.130 e. The first-order valence-electron chi connectivity index (χ1n) is 9.03. The molecule has 0 saturated carbocycles. The van der Waals surface area contributed by atoms with Gasteiger partial charge in [0, 0.05) is 10.9 Å². The molecule has 0 saturated heterocycles. The summed E-state index contributed by atoms with van der Waals surface area (Å²) in [4.78, 5) is 4.66. The van der Waals surface area contributed by atoms with E-state index in [-0.39, 0.29) is 0 Å². The molecule has 0 unspecified atom stereocenters. The van der Waals surface area contributed by atoms with Crippen molar-refractivity contribution in [1.29, 1.82) is 0 Å². The summed E-state index contributed by atoms with van der Waals surface area (Å²) in [5, 5.41) is 1.13. The molecule has 4 rings (SSSR count). The van der Waals surface area contributed by atoms with Gasteiger partial charge in [-0.15, -0.1) is 0 Å². The minimum atomic E-state index is 0.424. The third kappa shape index (κ3) is 4.09. The third-order valence-corrected chi connectivity index (χ3v) is 4.50. The summed E-state index contributed by atoms with van der Waals surface area (Å²) < 4.78 is 12.0. The number of aromatic nitrogens is 1.